The summed E-state index contributed by atoms with van der Waals surface area (Å²) < 4.78 is 42.4. The van der Waals surface area contributed by atoms with Crippen LogP contribution in [0.5, 0.6) is 0 Å². The quantitative estimate of drug-likeness (QED) is 0.782. The van der Waals surface area contributed by atoms with Crippen LogP contribution in [0, 0.1) is 12.7 Å². The number of aryl methyl sites for hydroxylation is 1. The topological polar surface area (TPSA) is 53.5 Å². The van der Waals surface area contributed by atoms with E-state index in [1.54, 1.807) is 20.7 Å². The van der Waals surface area contributed by atoms with Crippen LogP contribution >= 0.6 is 0 Å². The average molecular weight is 404 g/mol. The van der Waals surface area contributed by atoms with E-state index < -0.39 is 10.2 Å². The molecule has 3 heterocycles. The molecular formula is C21H26FN3O2S. The number of aromatic nitrogens is 1. The molecule has 2 aliphatic rings. The summed E-state index contributed by atoms with van der Waals surface area (Å²) >= 11 is 0. The van der Waals surface area contributed by atoms with Crippen molar-refractivity contribution in [2.24, 2.45) is 0 Å². The van der Waals surface area contributed by atoms with Gasteiger partial charge in [0.2, 0.25) is 0 Å². The highest BCUT2D eigenvalue weighted by molar-refractivity contribution is 7.86. The molecule has 150 valence electrons. The zero-order valence-electron chi connectivity index (χ0n) is 16.1. The Balaban J connectivity index is 1.59. The number of hydrogen-bond acceptors (Lipinski definition) is 3. The van der Waals surface area contributed by atoms with E-state index in [4.69, 9.17) is 4.98 Å². The summed E-state index contributed by atoms with van der Waals surface area (Å²) in [5.41, 5.74) is 3.73. The predicted molar refractivity (Wildman–Crippen MR) is 108 cm³/mol. The molecule has 0 aliphatic carbocycles. The molecule has 0 unspecified atom stereocenters. The zero-order chi connectivity index (χ0) is 19.7. The van der Waals surface area contributed by atoms with Crippen molar-refractivity contribution in [3.63, 3.8) is 0 Å². The Morgan fingerprint density at radius 2 is 1.64 bits per heavy atom. The van der Waals surface area contributed by atoms with E-state index in [0.717, 1.165) is 48.2 Å². The summed E-state index contributed by atoms with van der Waals surface area (Å²) in [5, 5.41) is 0. The summed E-state index contributed by atoms with van der Waals surface area (Å²) in [7, 11) is -3.38. The molecule has 0 amide bonds. The van der Waals surface area contributed by atoms with E-state index in [1.807, 2.05) is 19.1 Å². The minimum Gasteiger partial charge on any atom is -0.258 e. The maximum absolute atomic E-state index is 13.3. The van der Waals surface area contributed by atoms with Crippen molar-refractivity contribution >= 4 is 10.2 Å². The van der Waals surface area contributed by atoms with Crippen molar-refractivity contribution in [2.45, 2.75) is 38.5 Å². The van der Waals surface area contributed by atoms with Crippen molar-refractivity contribution in [1.29, 1.82) is 0 Å². The molecule has 5 nitrogen and oxygen atoms in total. The van der Waals surface area contributed by atoms with Crippen LogP contribution in [-0.2, 0) is 10.2 Å². The third kappa shape index (κ3) is 3.97. The molecule has 4 rings (SSSR count). The summed E-state index contributed by atoms with van der Waals surface area (Å²) in [6.45, 7) is 4.24. The predicted octanol–water partition coefficient (Wildman–Crippen LogP) is 3.72. The van der Waals surface area contributed by atoms with Gasteiger partial charge in [-0.25, -0.2) is 4.39 Å². The van der Waals surface area contributed by atoms with E-state index >= 15 is 0 Å². The van der Waals surface area contributed by atoms with E-state index in [0.29, 0.717) is 26.2 Å². The van der Waals surface area contributed by atoms with E-state index in [-0.39, 0.29) is 11.7 Å². The largest absolute Gasteiger partial charge is 0.281 e. The fourth-order valence-electron chi connectivity index (χ4n) is 4.19. The molecule has 0 bridgehead atoms. The van der Waals surface area contributed by atoms with Gasteiger partial charge in [0.05, 0.1) is 0 Å². The fraction of sp³-hybridized carbons (Fsp3) is 0.476. The molecule has 1 atom stereocenters. The normalized spacial score (nSPS) is 21.9. The minimum absolute atomic E-state index is 0.0743. The minimum atomic E-state index is -3.38. The van der Waals surface area contributed by atoms with Crippen molar-refractivity contribution < 1.29 is 12.8 Å². The lowest BCUT2D eigenvalue weighted by Crippen LogP contribution is -2.46. The molecule has 0 spiro atoms. The first-order valence-electron chi connectivity index (χ1n) is 9.93. The molecule has 2 aromatic rings. The van der Waals surface area contributed by atoms with Gasteiger partial charge in [0.15, 0.2) is 0 Å². The van der Waals surface area contributed by atoms with Crippen LogP contribution in [0.15, 0.2) is 36.4 Å². The maximum atomic E-state index is 13.3. The number of piperidine rings is 1. The molecule has 0 saturated carbocycles. The summed E-state index contributed by atoms with van der Waals surface area (Å²) in [6.07, 6.45) is 3.64. The van der Waals surface area contributed by atoms with Gasteiger partial charge in [0.1, 0.15) is 5.82 Å². The highest BCUT2D eigenvalue weighted by Crippen LogP contribution is 2.31. The number of nitrogens with zero attached hydrogens (tertiary/aromatic N) is 3. The lowest BCUT2D eigenvalue weighted by Gasteiger charge is -2.34. The second kappa shape index (κ2) is 7.89. The molecule has 28 heavy (non-hydrogen) atoms. The molecule has 2 aliphatic heterocycles. The molecular weight excluding hydrogens is 377 g/mol. The third-order valence-corrected chi connectivity index (χ3v) is 7.67. The molecule has 2 saturated heterocycles. The maximum Gasteiger partial charge on any atom is 0.281 e. The molecule has 7 heteroatoms. The van der Waals surface area contributed by atoms with Crippen LogP contribution in [0.1, 0.15) is 43.0 Å². The van der Waals surface area contributed by atoms with E-state index in [2.05, 4.69) is 0 Å². The van der Waals surface area contributed by atoms with Gasteiger partial charge >= 0.3 is 0 Å². The zero-order valence-corrected chi connectivity index (χ0v) is 17.0. The van der Waals surface area contributed by atoms with Crippen molar-refractivity contribution in [2.75, 3.05) is 26.2 Å². The standard InChI is InChI=1S/C21H26FN3O2S/c1-16-13-19(17-6-8-20(22)9-7-17)14-21(23-16)18-5-4-12-25(15-18)28(26,27)24-10-2-3-11-24/h6-9,13-14,18H,2-5,10-12,15H2,1H3/t18-/m1/s1. The average Bonchev–Trinajstić information content (AvgIpc) is 3.24. The van der Waals surface area contributed by atoms with Crippen LogP contribution in [0.25, 0.3) is 11.1 Å². The lowest BCUT2D eigenvalue weighted by atomic mass is 9.93. The fourth-order valence-corrected chi connectivity index (χ4v) is 5.96. The first-order chi connectivity index (χ1) is 13.4. The summed E-state index contributed by atoms with van der Waals surface area (Å²) in [4.78, 5) is 4.71. The highest BCUT2D eigenvalue weighted by Gasteiger charge is 2.35. The number of benzene rings is 1. The van der Waals surface area contributed by atoms with Crippen LogP contribution in [0.2, 0.25) is 0 Å². The molecule has 0 N–H and O–H groups in total. The van der Waals surface area contributed by atoms with Gasteiger partial charge in [-0.15, -0.1) is 0 Å². The second-order valence-corrected chi connectivity index (χ2v) is 9.67. The number of hydrogen-bond donors (Lipinski definition) is 0. The number of halogens is 1. The number of rotatable bonds is 4. The van der Waals surface area contributed by atoms with Gasteiger partial charge in [0.25, 0.3) is 10.2 Å². The van der Waals surface area contributed by atoms with Crippen LogP contribution in [-0.4, -0.2) is 48.2 Å². The molecule has 0 radical (unpaired) electrons. The van der Waals surface area contributed by atoms with Gasteiger partial charge < -0.3 is 0 Å². The first-order valence-corrected chi connectivity index (χ1v) is 11.3. The van der Waals surface area contributed by atoms with Gasteiger partial charge in [-0.1, -0.05) is 12.1 Å². The van der Waals surface area contributed by atoms with Crippen LogP contribution < -0.4 is 0 Å². The second-order valence-electron chi connectivity index (χ2n) is 7.74. The SMILES string of the molecule is Cc1cc(-c2ccc(F)cc2)cc([C@@H]2CCCN(S(=O)(=O)N3CCCC3)C2)n1. The Kier molecular flexibility index (Phi) is 5.49. The van der Waals surface area contributed by atoms with Crippen molar-refractivity contribution in [1.82, 2.24) is 13.6 Å². The van der Waals surface area contributed by atoms with E-state index in [9.17, 15) is 12.8 Å². The van der Waals surface area contributed by atoms with Crippen molar-refractivity contribution in [3.8, 4) is 11.1 Å². The Hall–Kier alpha value is -1.83. The Bertz CT molecular complexity index is 941. The molecule has 1 aromatic carbocycles. The Labute approximate surface area is 166 Å². The first kappa shape index (κ1) is 19.5. The third-order valence-electron chi connectivity index (χ3n) is 5.67. The van der Waals surface area contributed by atoms with Gasteiger partial charge in [-0.2, -0.15) is 17.0 Å². The van der Waals surface area contributed by atoms with Gasteiger partial charge in [0, 0.05) is 43.5 Å². The number of pyridine rings is 1. The highest BCUT2D eigenvalue weighted by atomic mass is 32.2. The van der Waals surface area contributed by atoms with Crippen LogP contribution in [0.4, 0.5) is 4.39 Å². The summed E-state index contributed by atoms with van der Waals surface area (Å²) in [5.74, 6) is -0.185. The summed E-state index contributed by atoms with van der Waals surface area (Å²) in [6, 6.07) is 10.4. The van der Waals surface area contributed by atoms with Gasteiger partial charge in [-0.05, 0) is 68.0 Å². The Morgan fingerprint density at radius 1 is 0.964 bits per heavy atom. The molecule has 2 fully saturated rings. The smallest absolute Gasteiger partial charge is 0.258 e. The lowest BCUT2D eigenvalue weighted by molar-refractivity contribution is 0.290. The van der Waals surface area contributed by atoms with Crippen molar-refractivity contribution in [3.05, 3.63) is 53.6 Å². The Morgan fingerprint density at radius 3 is 2.36 bits per heavy atom. The van der Waals surface area contributed by atoms with Gasteiger partial charge in [-0.3, -0.25) is 4.98 Å². The monoisotopic (exact) mass is 403 g/mol. The van der Waals surface area contributed by atoms with Crippen LogP contribution in [0.3, 0.4) is 0 Å². The molecule has 1 aromatic heterocycles. The van der Waals surface area contributed by atoms with E-state index in [1.165, 1.54) is 12.1 Å².